The van der Waals surface area contributed by atoms with Crippen molar-refractivity contribution in [3.63, 3.8) is 0 Å². The molecule has 0 saturated carbocycles. The van der Waals surface area contributed by atoms with E-state index < -0.39 is 0 Å². The Labute approximate surface area is 132 Å². The smallest absolute Gasteiger partial charge is 0.224 e. The van der Waals surface area contributed by atoms with Crippen LogP contribution in [0.2, 0.25) is 0 Å². The van der Waals surface area contributed by atoms with Crippen molar-refractivity contribution in [2.45, 2.75) is 11.6 Å². The standard InChI is InChI=1S/C14H18N4O3S/c1-20-11-4-3-10(7-12(11)21-2)8-13(19)15-5-6-22-14-16-9-17-18-14/h3-4,7,9H,5-6,8H2,1-2H3,(H,15,19)(H,16,17,18). The van der Waals surface area contributed by atoms with Gasteiger partial charge in [-0.3, -0.25) is 9.89 Å². The summed E-state index contributed by atoms with van der Waals surface area (Å²) in [4.78, 5) is 15.9. The molecule has 0 saturated heterocycles. The lowest BCUT2D eigenvalue weighted by atomic mass is 10.1. The highest BCUT2D eigenvalue weighted by Gasteiger charge is 2.08. The number of rotatable bonds is 8. The Kier molecular flexibility index (Phi) is 6.08. The Balaban J connectivity index is 1.76. The summed E-state index contributed by atoms with van der Waals surface area (Å²) in [5, 5.41) is 10.1. The van der Waals surface area contributed by atoms with Gasteiger partial charge in [0.2, 0.25) is 5.91 Å². The van der Waals surface area contributed by atoms with Crippen LogP contribution in [0.25, 0.3) is 0 Å². The molecule has 1 aromatic heterocycles. The third-order valence-electron chi connectivity index (χ3n) is 2.87. The van der Waals surface area contributed by atoms with Crippen molar-refractivity contribution in [1.29, 1.82) is 0 Å². The quantitative estimate of drug-likeness (QED) is 0.562. The molecule has 1 aromatic carbocycles. The number of carbonyl (C=O) groups excluding carboxylic acids is 1. The van der Waals surface area contributed by atoms with Gasteiger partial charge in [0, 0.05) is 12.3 Å². The summed E-state index contributed by atoms with van der Waals surface area (Å²) in [5.41, 5.74) is 0.873. The fourth-order valence-corrected chi connectivity index (χ4v) is 2.48. The normalized spacial score (nSPS) is 10.3. The first-order valence-corrected chi connectivity index (χ1v) is 7.67. The minimum Gasteiger partial charge on any atom is -0.493 e. The Bertz CT molecular complexity index is 604. The molecule has 8 heteroatoms. The molecule has 0 atom stereocenters. The zero-order valence-corrected chi connectivity index (χ0v) is 13.3. The molecule has 2 aromatic rings. The third-order valence-corrected chi connectivity index (χ3v) is 3.75. The van der Waals surface area contributed by atoms with Crippen LogP contribution in [0.3, 0.4) is 0 Å². The average molecular weight is 322 g/mol. The number of nitrogens with zero attached hydrogens (tertiary/aromatic N) is 2. The molecule has 7 nitrogen and oxygen atoms in total. The maximum atomic E-state index is 11.9. The van der Waals surface area contributed by atoms with E-state index in [1.54, 1.807) is 20.3 Å². The molecule has 2 rings (SSSR count). The molecular weight excluding hydrogens is 304 g/mol. The zero-order chi connectivity index (χ0) is 15.8. The number of methoxy groups -OCH3 is 2. The van der Waals surface area contributed by atoms with Gasteiger partial charge in [0.05, 0.1) is 20.6 Å². The number of hydrogen-bond acceptors (Lipinski definition) is 6. The Morgan fingerprint density at radius 3 is 2.82 bits per heavy atom. The summed E-state index contributed by atoms with van der Waals surface area (Å²) < 4.78 is 10.4. The summed E-state index contributed by atoms with van der Waals surface area (Å²) in [5.74, 6) is 1.96. The van der Waals surface area contributed by atoms with E-state index in [0.717, 1.165) is 16.5 Å². The summed E-state index contributed by atoms with van der Waals surface area (Å²) in [6.45, 7) is 0.567. The molecule has 0 aliphatic heterocycles. The van der Waals surface area contributed by atoms with E-state index in [0.29, 0.717) is 24.5 Å². The first kappa shape index (κ1) is 16.2. The van der Waals surface area contributed by atoms with Gasteiger partial charge < -0.3 is 14.8 Å². The number of benzene rings is 1. The van der Waals surface area contributed by atoms with Crippen LogP contribution in [0.1, 0.15) is 5.56 Å². The van der Waals surface area contributed by atoms with Crippen LogP contribution < -0.4 is 14.8 Å². The molecule has 2 N–H and O–H groups in total. The van der Waals surface area contributed by atoms with Crippen LogP contribution in [-0.2, 0) is 11.2 Å². The van der Waals surface area contributed by atoms with Gasteiger partial charge in [0.1, 0.15) is 6.33 Å². The first-order valence-electron chi connectivity index (χ1n) is 6.68. The van der Waals surface area contributed by atoms with Crippen LogP contribution in [0.4, 0.5) is 0 Å². The Hall–Kier alpha value is -2.22. The van der Waals surface area contributed by atoms with E-state index >= 15 is 0 Å². The summed E-state index contributed by atoms with van der Waals surface area (Å²) in [6, 6.07) is 5.45. The van der Waals surface area contributed by atoms with Crippen LogP contribution >= 0.6 is 11.8 Å². The number of ether oxygens (including phenoxy) is 2. The predicted molar refractivity (Wildman–Crippen MR) is 83.4 cm³/mol. The zero-order valence-electron chi connectivity index (χ0n) is 12.5. The van der Waals surface area contributed by atoms with Crippen molar-refractivity contribution < 1.29 is 14.3 Å². The number of thioether (sulfide) groups is 1. The van der Waals surface area contributed by atoms with Gasteiger partial charge in [-0.2, -0.15) is 5.10 Å². The molecule has 0 radical (unpaired) electrons. The number of H-pyrrole nitrogens is 1. The number of aromatic amines is 1. The lowest BCUT2D eigenvalue weighted by Gasteiger charge is -2.09. The maximum Gasteiger partial charge on any atom is 0.224 e. The van der Waals surface area contributed by atoms with E-state index in [1.807, 2.05) is 12.1 Å². The van der Waals surface area contributed by atoms with E-state index in [4.69, 9.17) is 9.47 Å². The van der Waals surface area contributed by atoms with E-state index in [1.165, 1.54) is 18.1 Å². The first-order chi connectivity index (χ1) is 10.7. The van der Waals surface area contributed by atoms with Gasteiger partial charge in [0.25, 0.3) is 0 Å². The van der Waals surface area contributed by atoms with Crippen molar-refractivity contribution in [1.82, 2.24) is 20.5 Å². The lowest BCUT2D eigenvalue weighted by molar-refractivity contribution is -0.120. The number of carbonyl (C=O) groups is 1. The molecular formula is C14H18N4O3S. The Morgan fingerprint density at radius 2 is 2.14 bits per heavy atom. The molecule has 0 spiro atoms. The number of hydrogen-bond donors (Lipinski definition) is 2. The number of amides is 1. The largest absolute Gasteiger partial charge is 0.493 e. The highest BCUT2D eigenvalue weighted by molar-refractivity contribution is 7.99. The second-order valence-corrected chi connectivity index (χ2v) is 5.44. The molecule has 0 bridgehead atoms. The minimum atomic E-state index is -0.0367. The number of aromatic nitrogens is 3. The van der Waals surface area contributed by atoms with E-state index in [-0.39, 0.29) is 5.91 Å². The van der Waals surface area contributed by atoms with Gasteiger partial charge in [-0.15, -0.1) is 0 Å². The van der Waals surface area contributed by atoms with Crippen LogP contribution in [0.15, 0.2) is 29.7 Å². The molecule has 0 unspecified atom stereocenters. The lowest BCUT2D eigenvalue weighted by Crippen LogP contribution is -2.27. The second-order valence-electron chi connectivity index (χ2n) is 4.36. The van der Waals surface area contributed by atoms with Crippen LogP contribution in [0.5, 0.6) is 11.5 Å². The summed E-state index contributed by atoms with van der Waals surface area (Å²) in [6.07, 6.45) is 1.76. The van der Waals surface area contributed by atoms with Gasteiger partial charge in [-0.25, -0.2) is 4.98 Å². The topological polar surface area (TPSA) is 89.1 Å². The summed E-state index contributed by atoms with van der Waals surface area (Å²) >= 11 is 1.51. The van der Waals surface area contributed by atoms with Gasteiger partial charge in [-0.1, -0.05) is 17.8 Å². The fourth-order valence-electron chi connectivity index (χ4n) is 1.84. The van der Waals surface area contributed by atoms with Crippen molar-refractivity contribution in [2.75, 3.05) is 26.5 Å². The van der Waals surface area contributed by atoms with Gasteiger partial charge >= 0.3 is 0 Å². The van der Waals surface area contributed by atoms with Gasteiger partial charge in [-0.05, 0) is 17.7 Å². The predicted octanol–water partition coefficient (Wildman–Crippen LogP) is 1.27. The average Bonchev–Trinajstić information content (AvgIpc) is 3.04. The van der Waals surface area contributed by atoms with E-state index in [2.05, 4.69) is 20.5 Å². The summed E-state index contributed by atoms with van der Waals surface area (Å²) in [7, 11) is 3.15. The van der Waals surface area contributed by atoms with Crippen molar-refractivity contribution in [2.24, 2.45) is 0 Å². The molecule has 0 fully saturated rings. The third kappa shape index (κ3) is 4.66. The molecule has 118 valence electrons. The van der Waals surface area contributed by atoms with Gasteiger partial charge in [0.15, 0.2) is 16.7 Å². The monoisotopic (exact) mass is 322 g/mol. The van der Waals surface area contributed by atoms with Crippen molar-refractivity contribution in [3.8, 4) is 11.5 Å². The molecule has 1 heterocycles. The second kappa shape index (κ2) is 8.28. The highest BCUT2D eigenvalue weighted by Crippen LogP contribution is 2.27. The van der Waals surface area contributed by atoms with E-state index in [9.17, 15) is 4.79 Å². The molecule has 0 aliphatic rings. The fraction of sp³-hybridized carbons (Fsp3) is 0.357. The minimum absolute atomic E-state index is 0.0367. The molecule has 0 aliphatic carbocycles. The maximum absolute atomic E-state index is 11.9. The van der Waals surface area contributed by atoms with Crippen molar-refractivity contribution >= 4 is 17.7 Å². The molecule has 1 amide bonds. The van der Waals surface area contributed by atoms with Crippen LogP contribution in [0, 0.1) is 0 Å². The Morgan fingerprint density at radius 1 is 1.32 bits per heavy atom. The molecule has 22 heavy (non-hydrogen) atoms. The van der Waals surface area contributed by atoms with Crippen LogP contribution in [-0.4, -0.2) is 47.6 Å². The SMILES string of the molecule is COc1ccc(CC(=O)NCCSc2ncn[nH]2)cc1OC. The highest BCUT2D eigenvalue weighted by atomic mass is 32.2. The van der Waals surface area contributed by atoms with Crippen molar-refractivity contribution in [3.05, 3.63) is 30.1 Å². The number of nitrogens with one attached hydrogen (secondary N) is 2.